The number of aliphatic hydroxyl groups is 1. The number of ether oxygens (including phenoxy) is 1. The number of allylic oxidation sites excluding steroid dienone is 2. The van der Waals surface area contributed by atoms with Gasteiger partial charge in [-0.3, -0.25) is 11.1 Å². The molecule has 0 aliphatic carbocycles. The van der Waals surface area contributed by atoms with Gasteiger partial charge in [-0.15, -0.1) is 0 Å². The number of hydrogen-bond acceptors (Lipinski definition) is 4. The molecule has 1 aromatic carbocycles. The SMILES string of the molecule is C/C=C\C.CC.CO.C[C-]=O.Cc1ccc(OCC=O)cc1.[CH-]=P.[CH3-].[Na+]. The number of aldehydes is 1. The molecular formula is C20H36NaO4P-2. The van der Waals surface area contributed by atoms with Gasteiger partial charge in [-0.25, -0.2) is 0 Å². The van der Waals surface area contributed by atoms with Crippen LogP contribution in [0.2, 0.25) is 0 Å². The van der Waals surface area contributed by atoms with Crippen molar-refractivity contribution in [1.29, 1.82) is 0 Å². The maximum absolute atomic E-state index is 9.92. The number of aryl methyl sites for hydroxylation is 1. The van der Waals surface area contributed by atoms with Crippen LogP contribution in [0.25, 0.3) is 0 Å². The Morgan fingerprint density at radius 3 is 1.65 bits per heavy atom. The Kier molecular flexibility index (Phi) is 96.6. The second-order valence-corrected chi connectivity index (χ2v) is 3.16. The van der Waals surface area contributed by atoms with E-state index in [2.05, 4.69) is 15.2 Å². The Morgan fingerprint density at radius 2 is 1.42 bits per heavy atom. The van der Waals surface area contributed by atoms with Gasteiger partial charge in [0.25, 0.3) is 0 Å². The van der Waals surface area contributed by atoms with Crippen LogP contribution in [0.3, 0.4) is 0 Å². The first-order valence-electron chi connectivity index (χ1n) is 7.39. The Morgan fingerprint density at radius 1 is 1.12 bits per heavy atom. The molecule has 1 rings (SSSR count). The summed E-state index contributed by atoms with van der Waals surface area (Å²) in [6.07, 6.45) is 10.5. The molecule has 0 aliphatic rings. The number of benzene rings is 1. The molecular weight excluding hydrogens is 358 g/mol. The third kappa shape index (κ3) is 56.7. The van der Waals surface area contributed by atoms with Crippen molar-refractivity contribution in [1.82, 2.24) is 0 Å². The Bertz CT molecular complexity index is 351. The summed E-state index contributed by atoms with van der Waals surface area (Å²) in [6, 6.07) is 7.58. The standard InChI is InChI=1S/C9H10O2.C4H8.C2H3O.C2H6.CH4O.CH2P.CH3.Na/c1-8-2-4-9(5-3-8)11-7-6-10;1-3-4-2;1-2-3;3*1-2;;/h2-6H,7H2,1H3;3-4H,1-2H3;1H3;1-2H3;2H,1H3;1-2H;1H3;/q;;-1;;;2*-1;+1/b;4-3-;;;;;;. The summed E-state index contributed by atoms with van der Waals surface area (Å²) in [6.45, 7) is 11.5. The Hall–Kier alpha value is -0.770. The van der Waals surface area contributed by atoms with Gasteiger partial charge >= 0.3 is 29.6 Å². The van der Waals surface area contributed by atoms with Crippen molar-refractivity contribution < 1.29 is 49.0 Å². The quantitative estimate of drug-likeness (QED) is 0.279. The van der Waals surface area contributed by atoms with Crippen LogP contribution in [0, 0.1) is 14.4 Å². The Labute approximate surface area is 186 Å². The average Bonchev–Trinajstić information content (AvgIpc) is 2.67. The smallest absolute Gasteiger partial charge is 0.542 e. The zero-order valence-corrected chi connectivity index (χ0v) is 21.0. The first-order chi connectivity index (χ1) is 11.7. The van der Waals surface area contributed by atoms with Gasteiger partial charge in [0.05, 0.1) is 0 Å². The number of carbonyl (C=O) groups excluding carboxylic acids is 2. The number of hydrogen-bond donors (Lipinski definition) is 1. The largest absolute Gasteiger partial charge is 1.00 e. The van der Waals surface area contributed by atoms with Gasteiger partial charge in [-0.2, -0.15) is 6.92 Å². The van der Waals surface area contributed by atoms with E-state index in [1.54, 1.807) is 0 Å². The van der Waals surface area contributed by atoms with E-state index < -0.39 is 0 Å². The molecule has 0 spiro atoms. The van der Waals surface area contributed by atoms with Gasteiger partial charge in [0, 0.05) is 7.11 Å². The van der Waals surface area contributed by atoms with Crippen LogP contribution >= 0.6 is 8.86 Å². The zero-order chi connectivity index (χ0) is 20.2. The van der Waals surface area contributed by atoms with E-state index in [4.69, 9.17) is 14.6 Å². The van der Waals surface area contributed by atoms with Crippen LogP contribution in [0.1, 0.15) is 40.2 Å². The predicted molar refractivity (Wildman–Crippen MR) is 115 cm³/mol. The molecule has 0 unspecified atom stereocenters. The van der Waals surface area contributed by atoms with Crippen LogP contribution in [0.4, 0.5) is 0 Å². The molecule has 6 heteroatoms. The van der Waals surface area contributed by atoms with E-state index in [-0.39, 0.29) is 43.6 Å². The fourth-order valence-electron chi connectivity index (χ4n) is 0.765. The molecule has 0 bridgehead atoms. The van der Waals surface area contributed by atoms with E-state index in [0.29, 0.717) is 0 Å². The maximum Gasteiger partial charge on any atom is 1.00 e. The summed E-state index contributed by atoms with van der Waals surface area (Å²) in [4.78, 5) is 18.6. The van der Waals surface area contributed by atoms with Crippen LogP contribution < -0.4 is 34.3 Å². The maximum atomic E-state index is 9.92. The van der Waals surface area contributed by atoms with Crippen molar-refractivity contribution in [2.75, 3.05) is 13.7 Å². The Balaban J connectivity index is -0.0000000411. The molecule has 1 N–H and O–H groups in total. The summed E-state index contributed by atoms with van der Waals surface area (Å²) in [5.41, 5.74) is 1.18. The molecule has 4 nitrogen and oxygen atoms in total. The molecule has 0 aliphatic heterocycles. The fourth-order valence-corrected chi connectivity index (χ4v) is 0.765. The van der Waals surface area contributed by atoms with Gasteiger partial charge < -0.3 is 37.2 Å². The van der Waals surface area contributed by atoms with Crippen molar-refractivity contribution in [3.63, 3.8) is 0 Å². The van der Waals surface area contributed by atoms with Gasteiger partial charge in [-0.05, 0) is 32.9 Å². The van der Waals surface area contributed by atoms with E-state index in [1.165, 1.54) is 18.8 Å². The minimum absolute atomic E-state index is 0. The van der Waals surface area contributed by atoms with Crippen LogP contribution in [-0.2, 0) is 9.59 Å². The average molecular weight is 394 g/mol. The first kappa shape index (κ1) is 44.6. The molecule has 0 amide bonds. The van der Waals surface area contributed by atoms with Gasteiger partial charge in [0.15, 0.2) is 6.29 Å². The van der Waals surface area contributed by atoms with Crippen LogP contribution in [0.5, 0.6) is 5.75 Å². The van der Waals surface area contributed by atoms with Gasteiger partial charge in [-0.1, -0.05) is 43.7 Å². The van der Waals surface area contributed by atoms with Crippen molar-refractivity contribution in [3.05, 3.63) is 49.4 Å². The molecule has 148 valence electrons. The van der Waals surface area contributed by atoms with E-state index in [0.717, 1.165) is 19.1 Å². The summed E-state index contributed by atoms with van der Waals surface area (Å²) in [5, 5.41) is 7.00. The van der Waals surface area contributed by atoms with Gasteiger partial charge in [0.2, 0.25) is 0 Å². The normalized spacial score (nSPS) is 6.46. The summed E-state index contributed by atoms with van der Waals surface area (Å²) in [7, 11) is 3.47. The van der Waals surface area contributed by atoms with Crippen molar-refractivity contribution in [2.24, 2.45) is 0 Å². The second-order valence-electron chi connectivity index (χ2n) is 3.16. The summed E-state index contributed by atoms with van der Waals surface area (Å²) < 4.78 is 5.04. The predicted octanol–water partition coefficient (Wildman–Crippen LogP) is 1.80. The van der Waals surface area contributed by atoms with Crippen LogP contribution in [-0.4, -0.2) is 37.7 Å². The van der Waals surface area contributed by atoms with Crippen molar-refractivity contribution in [2.45, 2.75) is 41.5 Å². The topological polar surface area (TPSA) is 63.6 Å². The monoisotopic (exact) mass is 394 g/mol. The molecule has 0 fully saturated rings. The number of carbonyl (C=O) groups is 1. The third-order valence-corrected chi connectivity index (χ3v) is 1.67. The summed E-state index contributed by atoms with van der Waals surface area (Å²) >= 11 is 0. The minimum atomic E-state index is 0. The van der Waals surface area contributed by atoms with E-state index in [9.17, 15) is 4.79 Å². The third-order valence-electron chi connectivity index (χ3n) is 1.67. The molecule has 0 heterocycles. The van der Waals surface area contributed by atoms with Crippen molar-refractivity contribution in [3.8, 4) is 5.75 Å². The zero-order valence-electron chi connectivity index (χ0n) is 18.0. The van der Waals surface area contributed by atoms with E-state index >= 15 is 0 Å². The molecule has 0 aromatic heterocycles. The molecule has 1 aromatic rings. The first-order valence-corrected chi connectivity index (χ1v) is 7.96. The van der Waals surface area contributed by atoms with E-state index in [1.807, 2.05) is 71.0 Å². The fraction of sp³-hybridized carbons (Fsp3) is 0.400. The number of rotatable bonds is 3. The minimum Gasteiger partial charge on any atom is -0.542 e. The summed E-state index contributed by atoms with van der Waals surface area (Å²) in [5.74, 6) is 0.739. The molecule has 26 heavy (non-hydrogen) atoms. The molecule has 0 radical (unpaired) electrons. The number of aliphatic hydroxyl groups excluding tert-OH is 1. The molecule has 0 atom stereocenters. The van der Waals surface area contributed by atoms with Crippen molar-refractivity contribution >= 4 is 27.7 Å². The second kappa shape index (κ2) is 56.4. The molecule has 0 saturated heterocycles. The molecule has 0 saturated carbocycles. The van der Waals surface area contributed by atoms with Crippen LogP contribution in [0.15, 0.2) is 36.4 Å². The van der Waals surface area contributed by atoms with Gasteiger partial charge in [0.1, 0.15) is 12.4 Å².